The van der Waals surface area contributed by atoms with Crippen LogP contribution < -0.4 is 9.62 Å². The first kappa shape index (κ1) is 34.7. The Morgan fingerprint density at radius 2 is 1.41 bits per heavy atom. The molecule has 0 saturated heterocycles. The molecule has 4 rings (SSSR count). The van der Waals surface area contributed by atoms with Gasteiger partial charge in [-0.15, -0.1) is 0 Å². The highest BCUT2D eigenvalue weighted by molar-refractivity contribution is 7.92. The van der Waals surface area contributed by atoms with E-state index in [1.165, 1.54) is 17.0 Å². The van der Waals surface area contributed by atoms with E-state index < -0.39 is 28.5 Å². The van der Waals surface area contributed by atoms with Gasteiger partial charge in [0.15, 0.2) is 0 Å². The molecule has 9 heteroatoms. The van der Waals surface area contributed by atoms with Crippen LogP contribution in [0.25, 0.3) is 0 Å². The molecule has 0 heterocycles. The second-order valence-electron chi connectivity index (χ2n) is 11.7. The fourth-order valence-corrected chi connectivity index (χ4v) is 6.75. The molecule has 0 saturated carbocycles. The highest BCUT2D eigenvalue weighted by Gasteiger charge is 2.35. The Kier molecular flexibility index (Phi) is 12.0. The van der Waals surface area contributed by atoms with Gasteiger partial charge < -0.3 is 10.2 Å². The first-order valence-electron chi connectivity index (χ1n) is 15.6. The summed E-state index contributed by atoms with van der Waals surface area (Å²) in [6, 6.07) is 30.8. The standard InChI is InChI=1S/C37H42ClN3O4S/c1-5-28(4)39-37(43)35(24-29-13-8-6-9-14-29)40(25-30-15-12-16-32(38)23-30)36(42)26-41(33-21-19-31(20-22-33)27(2)3)46(44,45)34-17-10-7-11-18-34/h6-23,27-28,35H,5,24-26H2,1-4H3,(H,39,43)/t28-,35+/m0/s1. The summed E-state index contributed by atoms with van der Waals surface area (Å²) in [5, 5.41) is 3.54. The summed E-state index contributed by atoms with van der Waals surface area (Å²) in [6.07, 6.45) is 0.950. The van der Waals surface area contributed by atoms with Crippen LogP contribution in [0.5, 0.6) is 0 Å². The lowest BCUT2D eigenvalue weighted by Crippen LogP contribution is -2.54. The van der Waals surface area contributed by atoms with Gasteiger partial charge in [0.2, 0.25) is 11.8 Å². The summed E-state index contributed by atoms with van der Waals surface area (Å²) < 4.78 is 29.4. The van der Waals surface area contributed by atoms with E-state index in [-0.39, 0.29) is 35.7 Å². The first-order chi connectivity index (χ1) is 22.0. The van der Waals surface area contributed by atoms with E-state index in [1.807, 2.05) is 62.4 Å². The molecule has 0 radical (unpaired) electrons. The van der Waals surface area contributed by atoms with Gasteiger partial charge in [-0.2, -0.15) is 0 Å². The van der Waals surface area contributed by atoms with Crippen molar-refractivity contribution in [2.75, 3.05) is 10.8 Å². The van der Waals surface area contributed by atoms with Crippen molar-refractivity contribution in [3.8, 4) is 0 Å². The Labute approximate surface area is 278 Å². The molecule has 0 fully saturated rings. The van der Waals surface area contributed by atoms with Gasteiger partial charge in [-0.1, -0.05) is 105 Å². The maximum absolute atomic E-state index is 14.6. The summed E-state index contributed by atoms with van der Waals surface area (Å²) in [7, 11) is -4.16. The highest BCUT2D eigenvalue weighted by Crippen LogP contribution is 2.27. The molecule has 0 aromatic heterocycles. The van der Waals surface area contributed by atoms with Crippen molar-refractivity contribution in [1.82, 2.24) is 10.2 Å². The number of hydrogen-bond donors (Lipinski definition) is 1. The summed E-state index contributed by atoms with van der Waals surface area (Å²) >= 11 is 6.32. The van der Waals surface area contributed by atoms with Crippen LogP contribution >= 0.6 is 11.6 Å². The van der Waals surface area contributed by atoms with E-state index in [0.29, 0.717) is 22.7 Å². The van der Waals surface area contributed by atoms with E-state index >= 15 is 0 Å². The van der Waals surface area contributed by atoms with Crippen LogP contribution in [0, 0.1) is 0 Å². The number of hydrogen-bond acceptors (Lipinski definition) is 4. The lowest BCUT2D eigenvalue weighted by atomic mass is 10.0. The second kappa shape index (κ2) is 15.9. The van der Waals surface area contributed by atoms with Crippen LogP contribution in [0.15, 0.2) is 114 Å². The number of amides is 2. The van der Waals surface area contributed by atoms with Crippen LogP contribution in [-0.4, -0.2) is 43.8 Å². The summed E-state index contributed by atoms with van der Waals surface area (Å²) in [6.45, 7) is 7.54. The predicted molar refractivity (Wildman–Crippen MR) is 185 cm³/mol. The largest absolute Gasteiger partial charge is 0.352 e. The van der Waals surface area contributed by atoms with Crippen LogP contribution in [-0.2, 0) is 32.6 Å². The van der Waals surface area contributed by atoms with Crippen LogP contribution in [0.4, 0.5) is 5.69 Å². The Morgan fingerprint density at radius 3 is 2.00 bits per heavy atom. The van der Waals surface area contributed by atoms with Crippen LogP contribution in [0.1, 0.15) is 56.7 Å². The van der Waals surface area contributed by atoms with Crippen molar-refractivity contribution in [2.24, 2.45) is 0 Å². The molecule has 2 amide bonds. The lowest BCUT2D eigenvalue weighted by molar-refractivity contribution is -0.140. The molecule has 0 aliphatic carbocycles. The van der Waals surface area contributed by atoms with Crippen LogP contribution in [0.2, 0.25) is 5.02 Å². The molecule has 2 atom stereocenters. The number of sulfonamides is 1. The maximum atomic E-state index is 14.6. The Bertz CT molecular complexity index is 1700. The molecule has 0 spiro atoms. The average molecular weight is 660 g/mol. The second-order valence-corrected chi connectivity index (χ2v) is 14.0. The summed E-state index contributed by atoms with van der Waals surface area (Å²) in [5.41, 5.74) is 2.98. The molecular formula is C37H42ClN3O4S. The number of rotatable bonds is 14. The zero-order valence-electron chi connectivity index (χ0n) is 26.8. The highest BCUT2D eigenvalue weighted by atomic mass is 35.5. The molecule has 0 bridgehead atoms. The van der Waals surface area contributed by atoms with Crippen molar-refractivity contribution in [3.63, 3.8) is 0 Å². The number of anilines is 1. The van der Waals surface area contributed by atoms with Crippen molar-refractivity contribution in [2.45, 2.75) is 70.0 Å². The molecule has 0 aliphatic heterocycles. The SMILES string of the molecule is CC[C@H](C)NC(=O)[C@@H](Cc1ccccc1)N(Cc1cccc(Cl)c1)C(=O)CN(c1ccc(C(C)C)cc1)S(=O)(=O)c1ccccc1. The molecule has 0 aliphatic rings. The Balaban J connectivity index is 1.81. The normalized spacial score (nSPS) is 12.7. The van der Waals surface area contributed by atoms with E-state index in [2.05, 4.69) is 19.2 Å². The van der Waals surface area contributed by atoms with Gasteiger partial charge in [0.05, 0.1) is 10.6 Å². The van der Waals surface area contributed by atoms with Crippen molar-refractivity contribution in [1.29, 1.82) is 0 Å². The molecule has 1 N–H and O–H groups in total. The van der Waals surface area contributed by atoms with Gasteiger partial charge in [0.1, 0.15) is 12.6 Å². The molecular weight excluding hydrogens is 618 g/mol. The van der Waals surface area contributed by atoms with Gasteiger partial charge in [-0.25, -0.2) is 8.42 Å². The number of benzene rings is 4. The van der Waals surface area contributed by atoms with E-state index in [1.54, 1.807) is 48.5 Å². The van der Waals surface area contributed by atoms with Gasteiger partial charge >= 0.3 is 0 Å². The number of carbonyl (C=O) groups is 2. The molecule has 0 unspecified atom stereocenters. The van der Waals surface area contributed by atoms with Gasteiger partial charge in [-0.3, -0.25) is 13.9 Å². The molecule has 7 nitrogen and oxygen atoms in total. The fourth-order valence-electron chi connectivity index (χ4n) is 5.10. The van der Waals surface area contributed by atoms with Gasteiger partial charge in [-0.05, 0) is 72.4 Å². The maximum Gasteiger partial charge on any atom is 0.264 e. The Morgan fingerprint density at radius 1 is 0.804 bits per heavy atom. The Hall–Kier alpha value is -4.14. The minimum Gasteiger partial charge on any atom is -0.352 e. The van der Waals surface area contributed by atoms with E-state index in [4.69, 9.17) is 11.6 Å². The number of halogens is 1. The quantitative estimate of drug-likeness (QED) is 0.155. The smallest absolute Gasteiger partial charge is 0.264 e. The first-order valence-corrected chi connectivity index (χ1v) is 17.4. The third kappa shape index (κ3) is 8.98. The third-order valence-electron chi connectivity index (χ3n) is 7.97. The van der Waals surface area contributed by atoms with Crippen molar-refractivity contribution < 1.29 is 18.0 Å². The van der Waals surface area contributed by atoms with Crippen molar-refractivity contribution in [3.05, 3.63) is 131 Å². The van der Waals surface area contributed by atoms with E-state index in [0.717, 1.165) is 15.4 Å². The third-order valence-corrected chi connectivity index (χ3v) is 10.00. The zero-order valence-corrected chi connectivity index (χ0v) is 28.3. The predicted octanol–water partition coefficient (Wildman–Crippen LogP) is 7.21. The summed E-state index contributed by atoms with van der Waals surface area (Å²) in [5.74, 6) is -0.592. The van der Waals surface area contributed by atoms with Crippen molar-refractivity contribution >= 4 is 39.1 Å². The van der Waals surface area contributed by atoms with Gasteiger partial charge in [0.25, 0.3) is 10.0 Å². The number of nitrogens with zero attached hydrogens (tertiary/aromatic N) is 2. The molecule has 4 aromatic rings. The summed E-state index contributed by atoms with van der Waals surface area (Å²) in [4.78, 5) is 30.0. The fraction of sp³-hybridized carbons (Fsp3) is 0.297. The minimum atomic E-state index is -4.16. The van der Waals surface area contributed by atoms with Crippen LogP contribution in [0.3, 0.4) is 0 Å². The topological polar surface area (TPSA) is 86.8 Å². The molecule has 46 heavy (non-hydrogen) atoms. The van der Waals surface area contributed by atoms with E-state index in [9.17, 15) is 18.0 Å². The monoisotopic (exact) mass is 659 g/mol. The zero-order chi connectivity index (χ0) is 33.3. The molecule has 4 aromatic carbocycles. The lowest BCUT2D eigenvalue weighted by Gasteiger charge is -2.34. The average Bonchev–Trinajstić information content (AvgIpc) is 3.05. The number of carbonyl (C=O) groups excluding carboxylic acids is 2. The molecule has 242 valence electrons. The number of nitrogens with one attached hydrogen (secondary N) is 1. The van der Waals surface area contributed by atoms with Gasteiger partial charge in [0, 0.05) is 24.0 Å². The minimum absolute atomic E-state index is 0.0519.